The van der Waals surface area contributed by atoms with Crippen molar-refractivity contribution in [2.24, 2.45) is 0 Å². The first-order valence-corrected chi connectivity index (χ1v) is 6.49. The number of hydrogen-bond donors (Lipinski definition) is 2. The Morgan fingerprint density at radius 3 is 2.50 bits per heavy atom. The van der Waals surface area contributed by atoms with E-state index in [1.54, 1.807) is 13.1 Å². The van der Waals surface area contributed by atoms with E-state index in [9.17, 15) is 4.79 Å². The second-order valence-electron chi connectivity index (χ2n) is 5.03. The van der Waals surface area contributed by atoms with Crippen molar-refractivity contribution in [1.29, 1.82) is 0 Å². The quantitative estimate of drug-likeness (QED) is 0.872. The van der Waals surface area contributed by atoms with Gasteiger partial charge < -0.3 is 10.3 Å². The fraction of sp³-hybridized carbons (Fsp3) is 0.417. The van der Waals surface area contributed by atoms with Crippen LogP contribution in [0.3, 0.4) is 0 Å². The molecule has 2 aromatic rings. The van der Waals surface area contributed by atoms with Gasteiger partial charge in [-0.15, -0.1) is 10.2 Å². The number of H-pyrrole nitrogens is 1. The molecule has 0 aromatic carbocycles. The zero-order valence-corrected chi connectivity index (χ0v) is 11.7. The number of hydrogen-bond acceptors (Lipinski definition) is 5. The summed E-state index contributed by atoms with van der Waals surface area (Å²) in [4.78, 5) is 15.0. The average Bonchev–Trinajstić information content (AvgIpc) is 2.76. The number of nitrogens with zero attached hydrogens (tertiary/aromatic N) is 2. The Hall–Kier alpha value is -1.69. The smallest absolute Gasteiger partial charge is 0.258 e. The van der Waals surface area contributed by atoms with Gasteiger partial charge in [0.15, 0.2) is 5.01 Å². The average molecular weight is 264 g/mol. The summed E-state index contributed by atoms with van der Waals surface area (Å²) >= 11 is 1.36. The summed E-state index contributed by atoms with van der Waals surface area (Å²) in [5.74, 6) is 0. The van der Waals surface area contributed by atoms with Crippen LogP contribution >= 0.6 is 11.3 Å². The first kappa shape index (κ1) is 12.8. The highest BCUT2D eigenvalue weighted by atomic mass is 32.1. The van der Waals surface area contributed by atoms with Crippen molar-refractivity contribution in [3.63, 3.8) is 0 Å². The van der Waals surface area contributed by atoms with Crippen LogP contribution in [0.15, 0.2) is 16.9 Å². The normalized spacial score (nSPS) is 11.6. The minimum absolute atomic E-state index is 0.0745. The maximum atomic E-state index is 12.0. The molecular formula is C12H16N4OS. The lowest BCUT2D eigenvalue weighted by Crippen LogP contribution is -2.20. The van der Waals surface area contributed by atoms with Gasteiger partial charge in [0.2, 0.25) is 5.13 Å². The summed E-state index contributed by atoms with van der Waals surface area (Å²) in [5.41, 5.74) is 1.27. The molecule has 0 radical (unpaired) electrons. The Bertz CT molecular complexity index is 609. The van der Waals surface area contributed by atoms with Gasteiger partial charge in [-0.2, -0.15) is 0 Å². The van der Waals surface area contributed by atoms with E-state index in [4.69, 9.17) is 0 Å². The van der Waals surface area contributed by atoms with Crippen molar-refractivity contribution in [3.05, 3.63) is 28.2 Å². The number of aromatic nitrogens is 3. The van der Waals surface area contributed by atoms with E-state index in [1.807, 2.05) is 6.07 Å². The van der Waals surface area contributed by atoms with Crippen LogP contribution in [-0.2, 0) is 5.41 Å². The van der Waals surface area contributed by atoms with Crippen LogP contribution in [0.2, 0.25) is 0 Å². The molecule has 0 fully saturated rings. The molecular weight excluding hydrogens is 248 g/mol. The van der Waals surface area contributed by atoms with E-state index in [0.717, 1.165) is 5.69 Å². The second kappa shape index (κ2) is 4.53. The third-order valence-electron chi connectivity index (χ3n) is 2.59. The first-order valence-electron chi connectivity index (χ1n) is 5.67. The zero-order valence-electron chi connectivity index (χ0n) is 10.9. The van der Waals surface area contributed by atoms with Gasteiger partial charge in [-0.3, -0.25) is 4.79 Å². The van der Waals surface area contributed by atoms with Gasteiger partial charge in [0.1, 0.15) is 0 Å². The molecule has 18 heavy (non-hydrogen) atoms. The highest BCUT2D eigenvalue weighted by Gasteiger charge is 2.17. The Labute approximate surface area is 109 Å². The first-order chi connectivity index (χ1) is 8.41. The highest BCUT2D eigenvalue weighted by Crippen LogP contribution is 2.25. The van der Waals surface area contributed by atoms with E-state index in [-0.39, 0.29) is 11.0 Å². The number of aromatic amines is 1. The maximum absolute atomic E-state index is 12.0. The van der Waals surface area contributed by atoms with Gasteiger partial charge in [-0.25, -0.2) is 0 Å². The van der Waals surface area contributed by atoms with Gasteiger partial charge in [-0.05, 0) is 12.1 Å². The molecule has 0 aliphatic rings. The molecule has 5 nitrogen and oxygen atoms in total. The zero-order chi connectivity index (χ0) is 13.3. The maximum Gasteiger partial charge on any atom is 0.258 e. The molecule has 0 amide bonds. The van der Waals surface area contributed by atoms with Crippen molar-refractivity contribution in [2.75, 3.05) is 12.4 Å². The molecule has 0 saturated carbocycles. The van der Waals surface area contributed by atoms with Crippen molar-refractivity contribution in [3.8, 4) is 10.6 Å². The Morgan fingerprint density at radius 1 is 1.28 bits per heavy atom. The third-order valence-corrected chi connectivity index (χ3v) is 3.56. The lowest BCUT2D eigenvalue weighted by molar-refractivity contribution is 0.567. The predicted octanol–water partition coefficient (Wildman–Crippen LogP) is 2.23. The largest absolute Gasteiger partial charge is 0.363 e. The molecule has 96 valence electrons. The van der Waals surface area contributed by atoms with Gasteiger partial charge in [-0.1, -0.05) is 32.1 Å². The summed E-state index contributed by atoms with van der Waals surface area (Å²) in [7, 11) is 1.78. The molecule has 2 aromatic heterocycles. The summed E-state index contributed by atoms with van der Waals surface area (Å²) in [6.45, 7) is 6.17. The summed E-state index contributed by atoms with van der Waals surface area (Å²) < 4.78 is 0. The third kappa shape index (κ3) is 2.43. The van der Waals surface area contributed by atoms with Gasteiger partial charge in [0.05, 0.1) is 5.56 Å². The minimum atomic E-state index is -0.124. The van der Waals surface area contributed by atoms with Gasteiger partial charge in [0, 0.05) is 18.2 Å². The molecule has 0 unspecified atom stereocenters. The molecule has 0 aliphatic heterocycles. The lowest BCUT2D eigenvalue weighted by Gasteiger charge is -2.18. The van der Waals surface area contributed by atoms with Crippen LogP contribution < -0.4 is 10.9 Å². The number of nitrogens with one attached hydrogen (secondary N) is 2. The van der Waals surface area contributed by atoms with E-state index in [2.05, 4.69) is 41.3 Å². The summed E-state index contributed by atoms with van der Waals surface area (Å²) in [6.07, 6.45) is 0. The second-order valence-corrected chi connectivity index (χ2v) is 6.00. The van der Waals surface area contributed by atoms with Crippen molar-refractivity contribution < 1.29 is 0 Å². The Morgan fingerprint density at radius 2 is 2.00 bits per heavy atom. The number of pyridine rings is 1. The minimum Gasteiger partial charge on any atom is -0.363 e. The fourth-order valence-electron chi connectivity index (χ4n) is 1.51. The van der Waals surface area contributed by atoms with Crippen LogP contribution in [-0.4, -0.2) is 22.2 Å². The van der Waals surface area contributed by atoms with Gasteiger partial charge >= 0.3 is 0 Å². The Kier molecular flexibility index (Phi) is 3.21. The van der Waals surface area contributed by atoms with E-state index < -0.39 is 0 Å². The molecule has 0 atom stereocenters. The van der Waals surface area contributed by atoms with Crippen molar-refractivity contribution in [1.82, 2.24) is 15.2 Å². The van der Waals surface area contributed by atoms with Crippen molar-refractivity contribution >= 4 is 16.5 Å². The lowest BCUT2D eigenvalue weighted by atomic mass is 9.91. The molecule has 0 bridgehead atoms. The topological polar surface area (TPSA) is 70.7 Å². The summed E-state index contributed by atoms with van der Waals surface area (Å²) in [6, 6.07) is 3.73. The van der Waals surface area contributed by atoms with Gasteiger partial charge in [0.25, 0.3) is 5.56 Å². The van der Waals surface area contributed by atoms with Crippen LogP contribution in [0.1, 0.15) is 26.5 Å². The predicted molar refractivity (Wildman–Crippen MR) is 74.2 cm³/mol. The van der Waals surface area contributed by atoms with Crippen LogP contribution in [0.4, 0.5) is 5.13 Å². The molecule has 2 heterocycles. The van der Waals surface area contributed by atoms with E-state index >= 15 is 0 Å². The fourth-order valence-corrected chi connectivity index (χ4v) is 2.23. The van der Waals surface area contributed by atoms with Crippen LogP contribution in [0.5, 0.6) is 0 Å². The number of rotatable bonds is 2. The standard InChI is InChI=1S/C12H16N4OS/c1-12(2,3)8-6-5-7(9(17)14-8)10-15-16-11(13-4)18-10/h5-6H,1-4H3,(H,13,16)(H,14,17). The molecule has 2 rings (SSSR count). The molecule has 2 N–H and O–H groups in total. The SMILES string of the molecule is CNc1nnc(-c2ccc(C(C)(C)C)[nH]c2=O)s1. The Balaban J connectivity index is 2.45. The number of anilines is 1. The molecule has 0 spiro atoms. The highest BCUT2D eigenvalue weighted by molar-refractivity contribution is 7.18. The summed E-state index contributed by atoms with van der Waals surface area (Å²) in [5, 5.41) is 12.2. The van der Waals surface area contributed by atoms with Crippen LogP contribution in [0, 0.1) is 0 Å². The molecule has 0 aliphatic carbocycles. The van der Waals surface area contributed by atoms with E-state index in [1.165, 1.54) is 11.3 Å². The molecule has 0 saturated heterocycles. The van der Waals surface area contributed by atoms with E-state index in [0.29, 0.717) is 15.7 Å². The molecule has 6 heteroatoms. The van der Waals surface area contributed by atoms with Crippen LogP contribution in [0.25, 0.3) is 10.6 Å². The monoisotopic (exact) mass is 264 g/mol. The van der Waals surface area contributed by atoms with Crippen molar-refractivity contribution in [2.45, 2.75) is 26.2 Å².